The van der Waals surface area contributed by atoms with Crippen LogP contribution in [-0.2, 0) is 19.6 Å². The summed E-state index contributed by atoms with van der Waals surface area (Å²) in [6, 6.07) is 5.72. The molecule has 0 saturated carbocycles. The first-order valence-corrected chi connectivity index (χ1v) is 6.45. The van der Waals surface area contributed by atoms with E-state index in [1.165, 1.54) is 0 Å². The molecule has 5 nitrogen and oxygen atoms in total. The smallest absolute Gasteiger partial charge is 0.264 e. The summed E-state index contributed by atoms with van der Waals surface area (Å²) in [6.07, 6.45) is 0.748. The number of hydrogen-bond acceptors (Lipinski definition) is 5. The van der Waals surface area contributed by atoms with Crippen molar-refractivity contribution in [2.75, 3.05) is 0 Å². The maximum atomic E-state index is 5.60. The lowest BCUT2D eigenvalue weighted by atomic mass is 10.2. The third kappa shape index (κ3) is 3.08. The number of benzene rings is 1. The molecule has 0 atom stereocenters. The van der Waals surface area contributed by atoms with Gasteiger partial charge in [0.15, 0.2) is 12.4 Å². The van der Waals surface area contributed by atoms with E-state index in [2.05, 4.69) is 26.1 Å². The van der Waals surface area contributed by atoms with Gasteiger partial charge < -0.3 is 15.0 Å². The molecule has 6 heteroatoms. The van der Waals surface area contributed by atoms with E-state index in [9.17, 15) is 0 Å². The molecule has 0 aliphatic heterocycles. The quantitative estimate of drug-likeness (QED) is 0.918. The van der Waals surface area contributed by atoms with Crippen molar-refractivity contribution in [3.8, 4) is 5.75 Å². The Morgan fingerprint density at radius 3 is 2.89 bits per heavy atom. The Balaban J connectivity index is 2.01. The lowest BCUT2D eigenvalue weighted by Gasteiger charge is -2.07. The maximum absolute atomic E-state index is 5.60. The Kier molecular flexibility index (Phi) is 4.33. The van der Waals surface area contributed by atoms with Crippen LogP contribution in [0.25, 0.3) is 0 Å². The van der Waals surface area contributed by atoms with E-state index in [0.29, 0.717) is 18.3 Å². The van der Waals surface area contributed by atoms with E-state index in [1.807, 2.05) is 25.1 Å². The van der Waals surface area contributed by atoms with Gasteiger partial charge >= 0.3 is 0 Å². The fourth-order valence-electron chi connectivity index (χ4n) is 1.42. The molecule has 0 fully saturated rings. The van der Waals surface area contributed by atoms with E-state index in [0.717, 1.165) is 22.2 Å². The normalized spacial score (nSPS) is 10.6. The Morgan fingerprint density at radius 2 is 2.28 bits per heavy atom. The van der Waals surface area contributed by atoms with Gasteiger partial charge in [0, 0.05) is 13.0 Å². The van der Waals surface area contributed by atoms with E-state index in [4.69, 9.17) is 15.0 Å². The van der Waals surface area contributed by atoms with Crippen LogP contribution in [0.2, 0.25) is 0 Å². The summed E-state index contributed by atoms with van der Waals surface area (Å²) in [6.45, 7) is 2.73. The molecule has 2 aromatic rings. The van der Waals surface area contributed by atoms with Crippen molar-refractivity contribution in [3.63, 3.8) is 0 Å². The van der Waals surface area contributed by atoms with Crippen LogP contribution in [0, 0.1) is 0 Å². The molecule has 0 saturated heterocycles. The third-order valence-corrected chi connectivity index (χ3v) is 3.03. The van der Waals surface area contributed by atoms with Crippen LogP contribution in [0.5, 0.6) is 5.75 Å². The molecule has 18 heavy (non-hydrogen) atoms. The van der Waals surface area contributed by atoms with Gasteiger partial charge in [-0.15, -0.1) is 0 Å². The Labute approximate surface area is 113 Å². The minimum absolute atomic E-state index is 0.258. The van der Waals surface area contributed by atoms with Gasteiger partial charge in [0.25, 0.3) is 5.89 Å². The van der Waals surface area contributed by atoms with Crippen molar-refractivity contribution in [2.24, 2.45) is 5.73 Å². The Morgan fingerprint density at radius 1 is 1.44 bits per heavy atom. The standard InChI is InChI=1S/C12H14BrN3O2/c1-2-11-15-12(18-16-11)7-17-10-4-3-8(6-14)5-9(10)13/h3-5H,2,6-7,14H2,1H3. The van der Waals surface area contributed by atoms with E-state index < -0.39 is 0 Å². The summed E-state index contributed by atoms with van der Waals surface area (Å²) in [5.41, 5.74) is 6.60. The van der Waals surface area contributed by atoms with Crippen LogP contribution in [0.4, 0.5) is 0 Å². The fraction of sp³-hybridized carbons (Fsp3) is 0.333. The van der Waals surface area contributed by atoms with Crippen molar-refractivity contribution in [2.45, 2.75) is 26.5 Å². The zero-order valence-electron chi connectivity index (χ0n) is 10.0. The highest BCUT2D eigenvalue weighted by molar-refractivity contribution is 9.10. The van der Waals surface area contributed by atoms with Crippen LogP contribution in [0.3, 0.4) is 0 Å². The highest BCUT2D eigenvalue weighted by Crippen LogP contribution is 2.26. The molecule has 1 aromatic heterocycles. The molecule has 0 spiro atoms. The highest BCUT2D eigenvalue weighted by Gasteiger charge is 2.07. The predicted molar refractivity (Wildman–Crippen MR) is 70.0 cm³/mol. The van der Waals surface area contributed by atoms with E-state index >= 15 is 0 Å². The number of ether oxygens (including phenoxy) is 1. The van der Waals surface area contributed by atoms with Crippen molar-refractivity contribution >= 4 is 15.9 Å². The summed E-state index contributed by atoms with van der Waals surface area (Å²) < 4.78 is 11.5. The molecular weight excluding hydrogens is 298 g/mol. The molecule has 1 heterocycles. The second-order valence-corrected chi connectivity index (χ2v) is 4.57. The zero-order valence-corrected chi connectivity index (χ0v) is 11.6. The van der Waals surface area contributed by atoms with Gasteiger partial charge in [0.2, 0.25) is 0 Å². The van der Waals surface area contributed by atoms with Crippen molar-refractivity contribution in [1.29, 1.82) is 0 Å². The number of nitrogens with zero attached hydrogens (tertiary/aromatic N) is 2. The number of aromatic nitrogens is 2. The lowest BCUT2D eigenvalue weighted by molar-refractivity contribution is 0.241. The maximum Gasteiger partial charge on any atom is 0.264 e. The van der Waals surface area contributed by atoms with Crippen LogP contribution in [-0.4, -0.2) is 10.1 Å². The fourth-order valence-corrected chi connectivity index (χ4v) is 1.96. The molecule has 0 aliphatic rings. The Bertz CT molecular complexity index is 528. The zero-order chi connectivity index (χ0) is 13.0. The summed E-state index contributed by atoms with van der Waals surface area (Å²) >= 11 is 3.43. The monoisotopic (exact) mass is 311 g/mol. The molecule has 2 N–H and O–H groups in total. The van der Waals surface area contributed by atoms with Crippen LogP contribution in [0.15, 0.2) is 27.2 Å². The molecule has 0 unspecified atom stereocenters. The van der Waals surface area contributed by atoms with Crippen LogP contribution >= 0.6 is 15.9 Å². The predicted octanol–water partition coefficient (Wildman–Crippen LogP) is 2.43. The summed E-state index contributed by atoms with van der Waals surface area (Å²) in [4.78, 5) is 4.17. The van der Waals surface area contributed by atoms with Gasteiger partial charge in [-0.3, -0.25) is 0 Å². The number of rotatable bonds is 5. The van der Waals surface area contributed by atoms with Crippen LogP contribution in [0.1, 0.15) is 24.2 Å². The van der Waals surface area contributed by atoms with Gasteiger partial charge in [0.05, 0.1) is 4.47 Å². The van der Waals surface area contributed by atoms with Gasteiger partial charge in [-0.05, 0) is 33.6 Å². The first kappa shape index (κ1) is 13.0. The average Bonchev–Trinajstić information content (AvgIpc) is 2.85. The molecule has 0 amide bonds. The van der Waals surface area contributed by atoms with Crippen molar-refractivity contribution < 1.29 is 9.26 Å². The first-order valence-electron chi connectivity index (χ1n) is 5.65. The van der Waals surface area contributed by atoms with Crippen molar-refractivity contribution in [1.82, 2.24) is 10.1 Å². The number of nitrogens with two attached hydrogens (primary N) is 1. The second-order valence-electron chi connectivity index (χ2n) is 3.72. The molecule has 0 radical (unpaired) electrons. The van der Waals surface area contributed by atoms with Gasteiger partial charge in [0.1, 0.15) is 5.75 Å². The molecule has 0 aliphatic carbocycles. The van der Waals surface area contributed by atoms with Crippen LogP contribution < -0.4 is 10.5 Å². The van der Waals surface area contributed by atoms with Gasteiger partial charge in [-0.2, -0.15) is 4.98 Å². The third-order valence-electron chi connectivity index (χ3n) is 2.41. The summed E-state index contributed by atoms with van der Waals surface area (Å²) in [5, 5.41) is 3.80. The minimum atomic E-state index is 0.258. The molecular formula is C12H14BrN3O2. The van der Waals surface area contributed by atoms with Gasteiger partial charge in [-0.1, -0.05) is 18.1 Å². The topological polar surface area (TPSA) is 74.2 Å². The largest absolute Gasteiger partial charge is 0.483 e. The molecule has 96 valence electrons. The Hall–Kier alpha value is -1.40. The minimum Gasteiger partial charge on any atom is -0.483 e. The van der Waals surface area contributed by atoms with E-state index in [1.54, 1.807) is 0 Å². The highest BCUT2D eigenvalue weighted by atomic mass is 79.9. The summed E-state index contributed by atoms with van der Waals surface area (Å²) in [5.74, 6) is 1.89. The second kappa shape index (κ2) is 5.97. The molecule has 2 rings (SSSR count). The lowest BCUT2D eigenvalue weighted by Crippen LogP contribution is -1.99. The molecule has 0 bridgehead atoms. The molecule has 1 aromatic carbocycles. The van der Waals surface area contributed by atoms with Crippen molar-refractivity contribution in [3.05, 3.63) is 40.0 Å². The summed E-state index contributed by atoms with van der Waals surface area (Å²) in [7, 11) is 0. The number of hydrogen-bond donors (Lipinski definition) is 1. The average molecular weight is 312 g/mol. The first-order chi connectivity index (χ1) is 8.72. The SMILES string of the molecule is CCc1noc(COc2ccc(CN)cc2Br)n1. The number of aryl methyl sites for hydroxylation is 1. The number of halogens is 1. The van der Waals surface area contributed by atoms with Gasteiger partial charge in [-0.25, -0.2) is 0 Å². The van der Waals surface area contributed by atoms with E-state index in [-0.39, 0.29) is 6.61 Å².